The van der Waals surface area contributed by atoms with E-state index in [0.29, 0.717) is 0 Å². The Balaban J connectivity index is 1.12. The van der Waals surface area contributed by atoms with E-state index in [1.807, 2.05) is 18.2 Å². The average Bonchev–Trinajstić information content (AvgIpc) is 3.84. The zero-order chi connectivity index (χ0) is 36.3. The van der Waals surface area contributed by atoms with Gasteiger partial charge in [-0.15, -0.1) is 0 Å². The van der Waals surface area contributed by atoms with E-state index in [-0.39, 0.29) is 0 Å². The minimum atomic E-state index is 0.837. The molecule has 0 atom stereocenters. The zero-order valence-corrected chi connectivity index (χ0v) is 29.8. The molecule has 2 aromatic heterocycles. The standard InChI is InChI=1S/C52H33NO2/c1-2-13-35(14-3-1)42-22-10-25-46-47-26-12-27-48(52(47)55-51(42)46)53(38-31-29-36(30-32-38)41-21-9-16-34-15-4-5-19-40(34)41)39-18-8-17-37(33-39)43-23-11-24-45-44-20-6-7-28-49(44)54-50(43)45/h1-33H. The van der Waals surface area contributed by atoms with Gasteiger partial charge in [-0.1, -0.05) is 164 Å². The maximum absolute atomic E-state index is 6.98. The first-order valence-corrected chi connectivity index (χ1v) is 18.7. The lowest BCUT2D eigenvalue weighted by atomic mass is 9.98. The molecule has 0 aliphatic carbocycles. The molecule has 258 valence electrons. The molecule has 0 saturated heterocycles. The molecular formula is C52H33NO2. The van der Waals surface area contributed by atoms with Crippen molar-refractivity contribution in [1.29, 1.82) is 0 Å². The minimum absolute atomic E-state index is 0.837. The van der Waals surface area contributed by atoms with Gasteiger partial charge in [-0.25, -0.2) is 0 Å². The van der Waals surface area contributed by atoms with E-state index >= 15 is 0 Å². The van der Waals surface area contributed by atoms with Gasteiger partial charge in [-0.2, -0.15) is 0 Å². The van der Waals surface area contributed by atoms with Crippen LogP contribution in [-0.2, 0) is 0 Å². The van der Waals surface area contributed by atoms with E-state index in [2.05, 4.69) is 187 Å². The molecule has 0 unspecified atom stereocenters. The Morgan fingerprint density at radius 1 is 0.309 bits per heavy atom. The van der Waals surface area contributed by atoms with Gasteiger partial charge in [0.25, 0.3) is 0 Å². The van der Waals surface area contributed by atoms with Gasteiger partial charge >= 0.3 is 0 Å². The third-order valence-corrected chi connectivity index (χ3v) is 10.9. The monoisotopic (exact) mass is 703 g/mol. The first-order valence-electron chi connectivity index (χ1n) is 18.7. The zero-order valence-electron chi connectivity index (χ0n) is 29.8. The Bertz CT molecular complexity index is 3200. The van der Waals surface area contributed by atoms with Crippen molar-refractivity contribution in [3.8, 4) is 33.4 Å². The summed E-state index contributed by atoms with van der Waals surface area (Å²) in [4.78, 5) is 2.32. The van der Waals surface area contributed by atoms with Crippen LogP contribution >= 0.6 is 0 Å². The minimum Gasteiger partial charge on any atom is -0.455 e. The van der Waals surface area contributed by atoms with Crippen molar-refractivity contribution in [2.75, 3.05) is 4.90 Å². The fourth-order valence-corrected chi connectivity index (χ4v) is 8.31. The maximum Gasteiger partial charge on any atom is 0.159 e. The SMILES string of the molecule is c1ccc(-c2cccc3c2oc2c(N(c4ccc(-c5cccc6ccccc56)cc4)c4cccc(-c5cccc6c5oc5ccccc56)c4)cccc23)cc1. The van der Waals surface area contributed by atoms with Crippen LogP contribution in [0.4, 0.5) is 17.1 Å². The van der Waals surface area contributed by atoms with Crippen LogP contribution in [-0.4, -0.2) is 0 Å². The summed E-state index contributed by atoms with van der Waals surface area (Å²) in [7, 11) is 0. The highest BCUT2D eigenvalue weighted by atomic mass is 16.3. The summed E-state index contributed by atoms with van der Waals surface area (Å²) in [6, 6.07) is 70.8. The van der Waals surface area contributed by atoms with Crippen molar-refractivity contribution in [1.82, 2.24) is 0 Å². The fourth-order valence-electron chi connectivity index (χ4n) is 8.31. The van der Waals surface area contributed by atoms with E-state index in [4.69, 9.17) is 8.83 Å². The summed E-state index contributed by atoms with van der Waals surface area (Å²) < 4.78 is 13.5. The summed E-state index contributed by atoms with van der Waals surface area (Å²) in [6.45, 7) is 0. The second-order valence-electron chi connectivity index (χ2n) is 14.0. The molecular weight excluding hydrogens is 671 g/mol. The van der Waals surface area contributed by atoms with Gasteiger partial charge in [-0.3, -0.25) is 0 Å². The summed E-state index contributed by atoms with van der Waals surface area (Å²) in [5.41, 5.74) is 13.2. The molecule has 0 spiro atoms. The lowest BCUT2D eigenvalue weighted by Crippen LogP contribution is -2.10. The van der Waals surface area contributed by atoms with Gasteiger partial charge in [0.2, 0.25) is 0 Å². The second-order valence-corrected chi connectivity index (χ2v) is 14.0. The highest BCUT2D eigenvalue weighted by molar-refractivity contribution is 6.14. The Morgan fingerprint density at radius 3 is 1.69 bits per heavy atom. The molecule has 0 aliphatic heterocycles. The van der Waals surface area contributed by atoms with Crippen LogP contribution < -0.4 is 4.90 Å². The van der Waals surface area contributed by atoms with Crippen LogP contribution in [0.1, 0.15) is 0 Å². The number of furan rings is 2. The van der Waals surface area contributed by atoms with E-state index in [0.717, 1.165) is 83.2 Å². The summed E-state index contributed by atoms with van der Waals surface area (Å²) >= 11 is 0. The predicted molar refractivity (Wildman–Crippen MR) is 229 cm³/mol. The number of hydrogen-bond acceptors (Lipinski definition) is 3. The van der Waals surface area contributed by atoms with Crippen LogP contribution in [0, 0.1) is 0 Å². The molecule has 2 heterocycles. The van der Waals surface area contributed by atoms with E-state index in [1.165, 1.54) is 21.9 Å². The smallest absolute Gasteiger partial charge is 0.159 e. The summed E-state index contributed by atoms with van der Waals surface area (Å²) in [6.07, 6.45) is 0. The number of hydrogen-bond donors (Lipinski definition) is 0. The number of benzene rings is 9. The molecule has 0 aliphatic rings. The second kappa shape index (κ2) is 12.6. The lowest BCUT2D eigenvalue weighted by Gasteiger charge is -2.26. The van der Waals surface area contributed by atoms with Crippen LogP contribution in [0.15, 0.2) is 209 Å². The van der Waals surface area contributed by atoms with Gasteiger partial charge in [0, 0.05) is 44.0 Å². The van der Waals surface area contributed by atoms with Crippen molar-refractivity contribution < 1.29 is 8.83 Å². The van der Waals surface area contributed by atoms with Gasteiger partial charge in [0.1, 0.15) is 16.7 Å². The molecule has 3 heteroatoms. The molecule has 0 N–H and O–H groups in total. The van der Waals surface area contributed by atoms with Gasteiger partial charge < -0.3 is 13.7 Å². The Hall–Kier alpha value is -7.36. The normalized spacial score (nSPS) is 11.6. The first-order chi connectivity index (χ1) is 27.3. The molecule has 55 heavy (non-hydrogen) atoms. The molecule has 0 bridgehead atoms. The van der Waals surface area contributed by atoms with Crippen molar-refractivity contribution in [3.63, 3.8) is 0 Å². The number of para-hydroxylation sites is 4. The molecule has 9 aromatic carbocycles. The summed E-state index contributed by atoms with van der Waals surface area (Å²) in [5, 5.41) is 6.87. The first kappa shape index (κ1) is 31.2. The largest absolute Gasteiger partial charge is 0.455 e. The fraction of sp³-hybridized carbons (Fsp3) is 0. The quantitative estimate of drug-likeness (QED) is 0.173. The predicted octanol–water partition coefficient (Wildman–Crippen LogP) is 15.1. The number of fused-ring (bicyclic) bond motifs is 7. The highest BCUT2D eigenvalue weighted by Crippen LogP contribution is 2.46. The Labute approximate surface area is 317 Å². The molecule has 0 amide bonds. The highest BCUT2D eigenvalue weighted by Gasteiger charge is 2.22. The Morgan fingerprint density at radius 2 is 0.855 bits per heavy atom. The van der Waals surface area contributed by atoms with E-state index in [9.17, 15) is 0 Å². The van der Waals surface area contributed by atoms with E-state index in [1.54, 1.807) is 0 Å². The van der Waals surface area contributed by atoms with Crippen molar-refractivity contribution >= 4 is 71.7 Å². The van der Waals surface area contributed by atoms with Gasteiger partial charge in [0.15, 0.2) is 5.58 Å². The molecule has 11 rings (SSSR count). The molecule has 11 aromatic rings. The number of rotatable bonds is 6. The van der Waals surface area contributed by atoms with Crippen molar-refractivity contribution in [3.05, 3.63) is 200 Å². The average molecular weight is 704 g/mol. The van der Waals surface area contributed by atoms with Crippen LogP contribution in [0.2, 0.25) is 0 Å². The topological polar surface area (TPSA) is 29.5 Å². The molecule has 0 saturated carbocycles. The maximum atomic E-state index is 6.98. The number of nitrogens with zero attached hydrogens (tertiary/aromatic N) is 1. The summed E-state index contributed by atoms with van der Waals surface area (Å²) in [5.74, 6) is 0. The van der Waals surface area contributed by atoms with Crippen molar-refractivity contribution in [2.45, 2.75) is 0 Å². The molecule has 3 nitrogen and oxygen atoms in total. The lowest BCUT2D eigenvalue weighted by molar-refractivity contribution is 0.669. The van der Waals surface area contributed by atoms with Gasteiger partial charge in [0.05, 0.1) is 5.69 Å². The number of anilines is 3. The molecule has 0 radical (unpaired) electrons. The third kappa shape index (κ3) is 5.13. The van der Waals surface area contributed by atoms with Crippen molar-refractivity contribution in [2.24, 2.45) is 0 Å². The van der Waals surface area contributed by atoms with Crippen LogP contribution in [0.25, 0.3) is 88.0 Å². The van der Waals surface area contributed by atoms with Crippen LogP contribution in [0.5, 0.6) is 0 Å². The molecule has 0 fully saturated rings. The van der Waals surface area contributed by atoms with E-state index < -0.39 is 0 Å². The Kier molecular flexibility index (Phi) is 7.17. The third-order valence-electron chi connectivity index (χ3n) is 10.9. The van der Waals surface area contributed by atoms with Gasteiger partial charge in [-0.05, 0) is 69.4 Å². The van der Waals surface area contributed by atoms with Crippen LogP contribution in [0.3, 0.4) is 0 Å².